The van der Waals surface area contributed by atoms with Gasteiger partial charge in [-0.1, -0.05) is 19.1 Å². The lowest BCUT2D eigenvalue weighted by Crippen LogP contribution is -1.94. The van der Waals surface area contributed by atoms with Crippen molar-refractivity contribution in [1.82, 2.24) is 14.4 Å². The lowest BCUT2D eigenvalue weighted by molar-refractivity contribution is 0.463. The van der Waals surface area contributed by atoms with Crippen LogP contribution in [0.15, 0.2) is 47.5 Å². The Morgan fingerprint density at radius 3 is 2.79 bits per heavy atom. The normalized spacial score (nSPS) is 10.8. The fraction of sp³-hybridized carbons (Fsp3) is 0.143. The Hall–Kier alpha value is -1.88. The fourth-order valence-electron chi connectivity index (χ4n) is 1.85. The second-order valence-corrected chi connectivity index (χ2v) is 4.94. The maximum atomic E-state index is 5.81. The summed E-state index contributed by atoms with van der Waals surface area (Å²) in [6.45, 7) is 2.12. The van der Waals surface area contributed by atoms with Crippen LogP contribution in [0.1, 0.15) is 12.5 Å². The van der Waals surface area contributed by atoms with Gasteiger partial charge in [-0.25, -0.2) is 9.97 Å². The third-order valence-electron chi connectivity index (χ3n) is 2.86. The molecule has 19 heavy (non-hydrogen) atoms. The van der Waals surface area contributed by atoms with Crippen molar-refractivity contribution in [2.45, 2.75) is 13.3 Å². The molecule has 0 aliphatic carbocycles. The Labute approximate surface area is 119 Å². The van der Waals surface area contributed by atoms with Crippen LogP contribution in [0.5, 0.6) is 11.6 Å². The zero-order valence-electron chi connectivity index (χ0n) is 10.4. The Morgan fingerprint density at radius 2 is 2.05 bits per heavy atom. The van der Waals surface area contributed by atoms with Crippen molar-refractivity contribution < 1.29 is 4.74 Å². The standard InChI is InChI=1S/C14H12BrN3O/c1-2-10-3-5-11(6-4-10)19-14-13-16-7-8-18(13)9-12(15)17-14/h3-9H,2H2,1H3. The quantitative estimate of drug-likeness (QED) is 0.736. The van der Waals surface area contributed by atoms with Crippen LogP contribution >= 0.6 is 15.9 Å². The van der Waals surface area contributed by atoms with E-state index in [1.54, 1.807) is 6.20 Å². The maximum Gasteiger partial charge on any atom is 0.264 e. The lowest BCUT2D eigenvalue weighted by atomic mass is 10.2. The van der Waals surface area contributed by atoms with Crippen molar-refractivity contribution in [2.75, 3.05) is 0 Å². The summed E-state index contributed by atoms with van der Waals surface area (Å²) in [5.41, 5.74) is 1.98. The van der Waals surface area contributed by atoms with Crippen LogP contribution in [0, 0.1) is 0 Å². The number of aryl methyl sites for hydroxylation is 1. The molecule has 1 aromatic carbocycles. The van der Waals surface area contributed by atoms with Crippen LogP contribution in [-0.4, -0.2) is 14.4 Å². The molecule has 0 unspecified atom stereocenters. The van der Waals surface area contributed by atoms with E-state index in [0.29, 0.717) is 16.1 Å². The summed E-state index contributed by atoms with van der Waals surface area (Å²) in [7, 11) is 0. The van der Waals surface area contributed by atoms with Crippen molar-refractivity contribution >= 4 is 21.6 Å². The van der Waals surface area contributed by atoms with Gasteiger partial charge in [-0.2, -0.15) is 0 Å². The van der Waals surface area contributed by atoms with Crippen molar-refractivity contribution in [3.05, 3.63) is 53.0 Å². The summed E-state index contributed by atoms with van der Waals surface area (Å²) in [6.07, 6.45) is 6.43. The number of aromatic nitrogens is 3. The number of nitrogens with zero attached hydrogens (tertiary/aromatic N) is 3. The predicted octanol–water partition coefficient (Wildman–Crippen LogP) is 3.85. The van der Waals surface area contributed by atoms with Gasteiger partial charge in [0.15, 0.2) is 0 Å². The molecule has 0 bridgehead atoms. The summed E-state index contributed by atoms with van der Waals surface area (Å²) in [6, 6.07) is 7.99. The number of hydrogen-bond donors (Lipinski definition) is 0. The molecule has 0 spiro atoms. The minimum absolute atomic E-state index is 0.489. The highest BCUT2D eigenvalue weighted by Crippen LogP contribution is 2.25. The van der Waals surface area contributed by atoms with Gasteiger partial charge in [-0.15, -0.1) is 0 Å². The summed E-state index contributed by atoms with van der Waals surface area (Å²) in [4.78, 5) is 8.57. The lowest BCUT2D eigenvalue weighted by Gasteiger charge is -2.07. The van der Waals surface area contributed by atoms with Crippen molar-refractivity contribution in [3.63, 3.8) is 0 Å². The first-order valence-corrected chi connectivity index (χ1v) is 6.81. The highest BCUT2D eigenvalue weighted by atomic mass is 79.9. The molecular weight excluding hydrogens is 306 g/mol. The van der Waals surface area contributed by atoms with Gasteiger partial charge in [0.25, 0.3) is 5.88 Å². The van der Waals surface area contributed by atoms with Gasteiger partial charge in [0.1, 0.15) is 10.4 Å². The Kier molecular flexibility index (Phi) is 3.21. The first kappa shape index (κ1) is 12.2. The van der Waals surface area contributed by atoms with E-state index in [-0.39, 0.29) is 0 Å². The van der Waals surface area contributed by atoms with E-state index in [0.717, 1.165) is 12.2 Å². The number of halogens is 1. The minimum atomic E-state index is 0.489. The highest BCUT2D eigenvalue weighted by molar-refractivity contribution is 9.10. The van der Waals surface area contributed by atoms with Crippen LogP contribution in [0.2, 0.25) is 0 Å². The van der Waals surface area contributed by atoms with E-state index in [1.807, 2.05) is 28.9 Å². The smallest absolute Gasteiger partial charge is 0.264 e. The first-order valence-electron chi connectivity index (χ1n) is 6.02. The van der Waals surface area contributed by atoms with Crippen LogP contribution in [0.3, 0.4) is 0 Å². The maximum absolute atomic E-state index is 5.81. The molecule has 0 radical (unpaired) electrons. The topological polar surface area (TPSA) is 39.4 Å². The van der Waals surface area contributed by atoms with E-state index in [4.69, 9.17) is 4.74 Å². The van der Waals surface area contributed by atoms with Gasteiger partial charge in [0.2, 0.25) is 5.65 Å². The Bertz CT molecular complexity index is 706. The third-order valence-corrected chi connectivity index (χ3v) is 3.24. The largest absolute Gasteiger partial charge is 0.436 e. The predicted molar refractivity (Wildman–Crippen MR) is 76.6 cm³/mol. The molecule has 0 N–H and O–H groups in total. The van der Waals surface area contributed by atoms with Crippen molar-refractivity contribution in [1.29, 1.82) is 0 Å². The highest BCUT2D eigenvalue weighted by Gasteiger charge is 2.08. The molecular formula is C14H12BrN3O. The molecule has 5 heteroatoms. The number of ether oxygens (including phenoxy) is 1. The van der Waals surface area contributed by atoms with Crippen LogP contribution in [0.25, 0.3) is 5.65 Å². The number of benzene rings is 1. The zero-order chi connectivity index (χ0) is 13.2. The molecule has 0 amide bonds. The van der Waals surface area contributed by atoms with E-state index in [2.05, 4.69) is 45.0 Å². The number of hydrogen-bond acceptors (Lipinski definition) is 3. The van der Waals surface area contributed by atoms with E-state index < -0.39 is 0 Å². The minimum Gasteiger partial charge on any atom is -0.436 e. The molecule has 0 fully saturated rings. The van der Waals surface area contributed by atoms with E-state index in [1.165, 1.54) is 5.56 Å². The zero-order valence-corrected chi connectivity index (χ0v) is 12.0. The molecule has 0 aliphatic rings. The van der Waals surface area contributed by atoms with Gasteiger partial charge in [0, 0.05) is 18.6 Å². The Balaban J connectivity index is 1.97. The van der Waals surface area contributed by atoms with Crippen LogP contribution < -0.4 is 4.74 Å². The molecule has 4 nitrogen and oxygen atoms in total. The van der Waals surface area contributed by atoms with Crippen molar-refractivity contribution in [2.24, 2.45) is 0 Å². The molecule has 96 valence electrons. The molecule has 3 rings (SSSR count). The van der Waals surface area contributed by atoms with Gasteiger partial charge < -0.3 is 4.74 Å². The summed E-state index contributed by atoms with van der Waals surface area (Å²) < 4.78 is 8.38. The third kappa shape index (κ3) is 2.46. The second-order valence-electron chi connectivity index (χ2n) is 4.13. The fourth-order valence-corrected chi connectivity index (χ4v) is 2.23. The van der Waals surface area contributed by atoms with E-state index >= 15 is 0 Å². The number of imidazole rings is 1. The van der Waals surface area contributed by atoms with Crippen molar-refractivity contribution in [3.8, 4) is 11.6 Å². The molecule has 0 atom stereocenters. The first-order chi connectivity index (χ1) is 9.26. The van der Waals surface area contributed by atoms with E-state index in [9.17, 15) is 0 Å². The summed E-state index contributed by atoms with van der Waals surface area (Å²) in [5, 5.41) is 0. The van der Waals surface area contributed by atoms with Gasteiger partial charge >= 0.3 is 0 Å². The number of fused-ring (bicyclic) bond motifs is 1. The number of rotatable bonds is 3. The summed E-state index contributed by atoms with van der Waals surface area (Å²) >= 11 is 3.36. The monoisotopic (exact) mass is 317 g/mol. The molecule has 0 saturated carbocycles. The van der Waals surface area contributed by atoms with Gasteiger partial charge in [-0.05, 0) is 40.0 Å². The van der Waals surface area contributed by atoms with Crippen LogP contribution in [-0.2, 0) is 6.42 Å². The average Bonchev–Trinajstić information content (AvgIpc) is 2.88. The second kappa shape index (κ2) is 5.01. The molecule has 2 aromatic heterocycles. The van der Waals surface area contributed by atoms with Gasteiger partial charge in [-0.3, -0.25) is 4.40 Å². The average molecular weight is 318 g/mol. The molecule has 3 aromatic rings. The molecule has 0 aliphatic heterocycles. The molecule has 2 heterocycles. The Morgan fingerprint density at radius 1 is 1.26 bits per heavy atom. The van der Waals surface area contributed by atoms with Crippen LogP contribution in [0.4, 0.5) is 0 Å². The summed E-state index contributed by atoms with van der Waals surface area (Å²) in [5.74, 6) is 1.25. The molecule has 0 saturated heterocycles. The van der Waals surface area contributed by atoms with Gasteiger partial charge in [0.05, 0.1) is 0 Å². The SMILES string of the molecule is CCc1ccc(Oc2nc(Br)cn3ccnc23)cc1.